The van der Waals surface area contributed by atoms with Crippen molar-refractivity contribution in [2.45, 2.75) is 24.8 Å². The minimum absolute atomic E-state index is 0.194. The van der Waals surface area contributed by atoms with Crippen molar-refractivity contribution in [1.82, 2.24) is 9.36 Å². The van der Waals surface area contributed by atoms with Gasteiger partial charge in [0.15, 0.2) is 0 Å². The van der Waals surface area contributed by atoms with Gasteiger partial charge in [-0.3, -0.25) is 9.48 Å². The van der Waals surface area contributed by atoms with Crippen molar-refractivity contribution in [3.8, 4) is 5.69 Å². The lowest BCUT2D eigenvalue weighted by molar-refractivity contribution is 0.221. The summed E-state index contributed by atoms with van der Waals surface area (Å²) in [5.41, 5.74) is 0.230. The van der Waals surface area contributed by atoms with Crippen molar-refractivity contribution in [3.05, 3.63) is 50.9 Å². The fourth-order valence-corrected chi connectivity index (χ4v) is 3.12. The van der Waals surface area contributed by atoms with Gasteiger partial charge in [0, 0.05) is 12.4 Å². The first-order chi connectivity index (χ1) is 9.27. The molecule has 0 saturated carbocycles. The lowest BCUT2D eigenvalue weighted by Crippen LogP contribution is -2.20. The Kier molecular flexibility index (Phi) is 4.12. The van der Waals surface area contributed by atoms with Crippen LogP contribution in [0, 0.1) is 0 Å². The summed E-state index contributed by atoms with van der Waals surface area (Å²) in [7, 11) is 1.76. The summed E-state index contributed by atoms with van der Waals surface area (Å²) >= 11 is 9.34. The van der Waals surface area contributed by atoms with Crippen LogP contribution in [0.2, 0.25) is 5.02 Å². The number of alkyl halides is 2. The lowest BCUT2D eigenvalue weighted by Gasteiger charge is -2.15. The molecule has 0 bridgehead atoms. The van der Waals surface area contributed by atoms with Crippen LogP contribution in [0.25, 0.3) is 5.69 Å². The maximum atomic E-state index is 13.8. The molecule has 0 fully saturated rings. The Hall–Kier alpha value is -1.07. The zero-order chi connectivity index (χ0) is 15.1. The molecule has 1 heterocycles. The number of hydrogen-bond acceptors (Lipinski definition) is 1. The normalized spacial score (nSPS) is 11.9. The molecule has 0 saturated heterocycles. The van der Waals surface area contributed by atoms with Crippen molar-refractivity contribution < 1.29 is 4.39 Å². The van der Waals surface area contributed by atoms with Crippen molar-refractivity contribution >= 4 is 27.5 Å². The summed E-state index contributed by atoms with van der Waals surface area (Å²) in [6, 6.07) is 6.78. The summed E-state index contributed by atoms with van der Waals surface area (Å²) in [6.45, 7) is 2.99. The van der Waals surface area contributed by atoms with E-state index in [4.69, 9.17) is 11.6 Å². The van der Waals surface area contributed by atoms with Gasteiger partial charge in [0.05, 0.1) is 11.4 Å². The minimum Gasteiger partial charge on any atom is -0.283 e. The molecule has 0 amide bonds. The van der Waals surface area contributed by atoms with Crippen LogP contribution in [0.15, 0.2) is 29.1 Å². The predicted octanol–water partition coefficient (Wildman–Crippen LogP) is 3.93. The first-order valence-corrected chi connectivity index (χ1v) is 7.59. The Morgan fingerprint density at radius 2 is 1.85 bits per heavy atom. The molecule has 0 spiro atoms. The molecule has 1 aromatic heterocycles. The Balaban J connectivity index is 2.56. The van der Waals surface area contributed by atoms with E-state index >= 15 is 0 Å². The summed E-state index contributed by atoms with van der Waals surface area (Å²) in [5.74, 6) is 0. The minimum atomic E-state index is -1.41. The maximum absolute atomic E-state index is 13.8. The zero-order valence-electron chi connectivity index (χ0n) is 11.5. The fraction of sp³-hybridized carbons (Fsp3) is 0.357. The zero-order valence-corrected chi connectivity index (χ0v) is 13.8. The van der Waals surface area contributed by atoms with Gasteiger partial charge in [-0.05, 0) is 31.5 Å². The van der Waals surface area contributed by atoms with Gasteiger partial charge in [-0.2, -0.15) is 0 Å². The Labute approximate surface area is 130 Å². The number of benzene rings is 1. The number of nitrogens with zero attached hydrogens (tertiary/aromatic N) is 2. The first-order valence-electron chi connectivity index (χ1n) is 6.09. The Morgan fingerprint density at radius 1 is 1.30 bits per heavy atom. The molecular formula is C14H15BrClFN2O. The fourth-order valence-electron chi connectivity index (χ4n) is 2.05. The van der Waals surface area contributed by atoms with E-state index in [-0.39, 0.29) is 10.6 Å². The summed E-state index contributed by atoms with van der Waals surface area (Å²) < 4.78 is 17.0. The highest BCUT2D eigenvalue weighted by atomic mass is 79.9. The van der Waals surface area contributed by atoms with Gasteiger partial charge in [0.25, 0.3) is 5.56 Å². The van der Waals surface area contributed by atoms with Crippen LogP contribution in [0.5, 0.6) is 0 Å². The summed E-state index contributed by atoms with van der Waals surface area (Å²) in [6.07, 6.45) is 0. The third-order valence-corrected chi connectivity index (χ3v) is 4.16. The molecule has 0 atom stereocenters. The number of aromatic nitrogens is 2. The van der Waals surface area contributed by atoms with E-state index in [0.717, 1.165) is 0 Å². The topological polar surface area (TPSA) is 26.9 Å². The maximum Gasteiger partial charge on any atom is 0.290 e. The third kappa shape index (κ3) is 2.56. The van der Waals surface area contributed by atoms with Crippen LogP contribution in [0.4, 0.5) is 4.39 Å². The molecule has 0 aliphatic heterocycles. The quantitative estimate of drug-likeness (QED) is 0.761. The number of halogens is 3. The Bertz CT molecular complexity index is 683. The van der Waals surface area contributed by atoms with Crippen molar-refractivity contribution in [3.63, 3.8) is 0 Å². The highest BCUT2D eigenvalue weighted by molar-refractivity contribution is 9.08. The van der Waals surface area contributed by atoms with Crippen LogP contribution in [0.1, 0.15) is 25.1 Å². The van der Waals surface area contributed by atoms with Crippen molar-refractivity contribution in [2.24, 2.45) is 7.05 Å². The Morgan fingerprint density at radius 3 is 2.25 bits per heavy atom. The van der Waals surface area contributed by atoms with Crippen LogP contribution in [-0.4, -0.2) is 9.36 Å². The van der Waals surface area contributed by atoms with Gasteiger partial charge in [0.2, 0.25) is 0 Å². The average Bonchev–Trinajstić information content (AvgIpc) is 2.59. The largest absolute Gasteiger partial charge is 0.290 e. The first kappa shape index (κ1) is 15.3. The molecule has 2 rings (SSSR count). The predicted molar refractivity (Wildman–Crippen MR) is 82.8 cm³/mol. The lowest BCUT2D eigenvalue weighted by atomic mass is 10.0. The number of rotatable bonds is 3. The van der Waals surface area contributed by atoms with Gasteiger partial charge in [-0.25, -0.2) is 9.07 Å². The van der Waals surface area contributed by atoms with Gasteiger partial charge in [-0.15, -0.1) is 0 Å². The molecule has 1 aromatic carbocycles. The SMILES string of the molecule is Cn1c(CBr)c(Cl)c(=O)n1-c1ccc(C(C)(C)F)cc1. The molecule has 2 aromatic rings. The van der Waals surface area contributed by atoms with Crippen LogP contribution in [-0.2, 0) is 18.0 Å². The molecular weight excluding hydrogens is 347 g/mol. The van der Waals surface area contributed by atoms with Crippen LogP contribution >= 0.6 is 27.5 Å². The van der Waals surface area contributed by atoms with Gasteiger partial charge in [0.1, 0.15) is 10.7 Å². The van der Waals surface area contributed by atoms with E-state index in [9.17, 15) is 9.18 Å². The highest BCUT2D eigenvalue weighted by Gasteiger charge is 2.20. The molecule has 0 aliphatic carbocycles. The second kappa shape index (κ2) is 5.37. The third-order valence-electron chi connectivity index (χ3n) is 3.25. The summed E-state index contributed by atoms with van der Waals surface area (Å²) in [4.78, 5) is 12.2. The van der Waals surface area contributed by atoms with Gasteiger partial charge >= 0.3 is 0 Å². The van der Waals surface area contributed by atoms with Crippen molar-refractivity contribution in [2.75, 3.05) is 0 Å². The monoisotopic (exact) mass is 360 g/mol. The van der Waals surface area contributed by atoms with E-state index in [1.54, 1.807) is 36.0 Å². The van der Waals surface area contributed by atoms with E-state index in [0.29, 0.717) is 22.3 Å². The second-order valence-electron chi connectivity index (χ2n) is 5.05. The van der Waals surface area contributed by atoms with E-state index in [1.165, 1.54) is 18.5 Å². The molecule has 6 heteroatoms. The van der Waals surface area contributed by atoms with Crippen LogP contribution < -0.4 is 5.56 Å². The molecule has 0 aliphatic rings. The van der Waals surface area contributed by atoms with Crippen LogP contribution in [0.3, 0.4) is 0 Å². The molecule has 0 radical (unpaired) electrons. The highest BCUT2D eigenvalue weighted by Crippen LogP contribution is 2.25. The standard InChI is InChI=1S/C14H15BrClFN2O/c1-14(2,17)9-4-6-10(7-5-9)19-13(20)12(16)11(8-15)18(19)3/h4-7H,8H2,1-3H3. The molecule has 20 heavy (non-hydrogen) atoms. The second-order valence-corrected chi connectivity index (χ2v) is 5.99. The molecule has 108 valence electrons. The van der Waals surface area contributed by atoms with Gasteiger partial charge in [-0.1, -0.05) is 39.7 Å². The smallest absolute Gasteiger partial charge is 0.283 e. The average molecular weight is 362 g/mol. The van der Waals surface area contributed by atoms with E-state index in [1.807, 2.05) is 0 Å². The summed E-state index contributed by atoms with van der Waals surface area (Å²) in [5, 5.41) is 0.680. The van der Waals surface area contributed by atoms with Crippen molar-refractivity contribution in [1.29, 1.82) is 0 Å². The van der Waals surface area contributed by atoms with E-state index in [2.05, 4.69) is 15.9 Å². The van der Waals surface area contributed by atoms with Gasteiger partial charge < -0.3 is 0 Å². The molecule has 0 N–H and O–H groups in total. The van der Waals surface area contributed by atoms with E-state index < -0.39 is 5.67 Å². The molecule has 0 unspecified atom stereocenters. The molecule has 3 nitrogen and oxygen atoms in total. The number of hydrogen-bond donors (Lipinski definition) is 0.